The van der Waals surface area contributed by atoms with E-state index in [-0.39, 0.29) is 0 Å². The van der Waals surface area contributed by atoms with Crippen LogP contribution in [-0.4, -0.2) is 22.4 Å². The molecule has 0 amide bonds. The van der Waals surface area contributed by atoms with Crippen LogP contribution in [0.15, 0.2) is 36.4 Å². The fourth-order valence-electron chi connectivity index (χ4n) is 2.19. The highest BCUT2D eigenvalue weighted by molar-refractivity contribution is 5.91. The molecule has 3 N–H and O–H groups in total. The zero-order chi connectivity index (χ0) is 15.8. The van der Waals surface area contributed by atoms with Crippen LogP contribution >= 0.6 is 0 Å². The molecule has 0 aromatic heterocycles. The number of carboxylic acids is 1. The van der Waals surface area contributed by atoms with Crippen LogP contribution in [-0.2, 0) is 0 Å². The van der Waals surface area contributed by atoms with Gasteiger partial charge < -0.3 is 15.5 Å². The summed E-state index contributed by atoms with van der Waals surface area (Å²) in [4.78, 5) is 11.1. The molecule has 114 valence electrons. The van der Waals surface area contributed by atoms with Gasteiger partial charge >= 0.3 is 5.97 Å². The second-order valence-corrected chi connectivity index (χ2v) is 4.95. The summed E-state index contributed by atoms with van der Waals surface area (Å²) in [7, 11) is 0. The SMILES string of the molecule is C/C=C/CC/C=C/C(O)Nc1cc(C)c(C(=O)O)c(C)c1. The highest BCUT2D eigenvalue weighted by Crippen LogP contribution is 2.20. The molecule has 4 heteroatoms. The molecule has 0 heterocycles. The van der Waals surface area contributed by atoms with E-state index < -0.39 is 12.2 Å². The van der Waals surface area contributed by atoms with Crippen LogP contribution in [0, 0.1) is 13.8 Å². The number of allylic oxidation sites excluding steroid dienone is 3. The van der Waals surface area contributed by atoms with Crippen molar-refractivity contribution in [3.05, 3.63) is 53.1 Å². The second-order valence-electron chi connectivity index (χ2n) is 4.95. The highest BCUT2D eigenvalue weighted by Gasteiger charge is 2.12. The number of benzene rings is 1. The van der Waals surface area contributed by atoms with Crippen molar-refractivity contribution in [3.63, 3.8) is 0 Å². The van der Waals surface area contributed by atoms with Crippen molar-refractivity contribution in [2.75, 3.05) is 5.32 Å². The fraction of sp³-hybridized carbons (Fsp3) is 0.353. The van der Waals surface area contributed by atoms with Crippen LogP contribution in [0.4, 0.5) is 5.69 Å². The van der Waals surface area contributed by atoms with Gasteiger partial charge in [-0.25, -0.2) is 4.79 Å². The van der Waals surface area contributed by atoms with Gasteiger partial charge in [-0.2, -0.15) is 0 Å². The van der Waals surface area contributed by atoms with Gasteiger partial charge in [0.1, 0.15) is 6.23 Å². The number of aliphatic hydroxyl groups excluding tert-OH is 1. The van der Waals surface area contributed by atoms with Crippen LogP contribution in [0.2, 0.25) is 0 Å². The third kappa shape index (κ3) is 5.44. The predicted molar refractivity (Wildman–Crippen MR) is 85.7 cm³/mol. The van der Waals surface area contributed by atoms with Crippen LogP contribution in [0.3, 0.4) is 0 Å². The maximum atomic E-state index is 11.1. The summed E-state index contributed by atoms with van der Waals surface area (Å²) in [5.74, 6) is -0.930. The number of rotatable bonds is 7. The first-order valence-electron chi connectivity index (χ1n) is 7.02. The summed E-state index contributed by atoms with van der Waals surface area (Å²) in [6.07, 6.45) is 8.72. The van der Waals surface area contributed by atoms with Gasteiger partial charge in [0.2, 0.25) is 0 Å². The van der Waals surface area contributed by atoms with Crippen molar-refractivity contribution in [2.45, 2.75) is 39.8 Å². The lowest BCUT2D eigenvalue weighted by Crippen LogP contribution is -2.16. The molecule has 0 radical (unpaired) electrons. The average molecular weight is 289 g/mol. The van der Waals surface area contributed by atoms with Crippen molar-refractivity contribution >= 4 is 11.7 Å². The highest BCUT2D eigenvalue weighted by atomic mass is 16.4. The number of aromatic carboxylic acids is 1. The van der Waals surface area contributed by atoms with Crippen LogP contribution in [0.1, 0.15) is 41.3 Å². The van der Waals surface area contributed by atoms with Gasteiger partial charge in [-0.05, 0) is 62.9 Å². The van der Waals surface area contributed by atoms with Crippen molar-refractivity contribution in [2.24, 2.45) is 0 Å². The van der Waals surface area contributed by atoms with Gasteiger partial charge in [-0.3, -0.25) is 0 Å². The van der Waals surface area contributed by atoms with Crippen molar-refractivity contribution < 1.29 is 15.0 Å². The smallest absolute Gasteiger partial charge is 0.336 e. The predicted octanol–water partition coefficient (Wildman–Crippen LogP) is 3.64. The van der Waals surface area contributed by atoms with Crippen molar-refractivity contribution in [1.82, 2.24) is 0 Å². The molecule has 1 aromatic carbocycles. The Bertz CT molecular complexity index is 524. The number of nitrogens with one attached hydrogen (secondary N) is 1. The van der Waals surface area contributed by atoms with Crippen molar-refractivity contribution in [3.8, 4) is 0 Å². The molecule has 0 saturated carbocycles. The van der Waals surface area contributed by atoms with E-state index in [0.29, 0.717) is 22.4 Å². The van der Waals surface area contributed by atoms with E-state index >= 15 is 0 Å². The number of hydrogen-bond acceptors (Lipinski definition) is 3. The van der Waals surface area contributed by atoms with Gasteiger partial charge in [-0.1, -0.05) is 18.2 Å². The fourth-order valence-corrected chi connectivity index (χ4v) is 2.19. The van der Waals surface area contributed by atoms with Gasteiger partial charge in [0, 0.05) is 5.69 Å². The van der Waals surface area contributed by atoms with Gasteiger partial charge in [0.05, 0.1) is 5.56 Å². The number of carboxylic acid groups (broad SMARTS) is 1. The number of unbranched alkanes of at least 4 members (excludes halogenated alkanes) is 1. The Morgan fingerprint density at radius 3 is 2.33 bits per heavy atom. The normalized spacial score (nSPS) is 13.0. The third-order valence-corrected chi connectivity index (χ3v) is 3.12. The van der Waals surface area contributed by atoms with E-state index in [4.69, 9.17) is 5.11 Å². The molecule has 0 aliphatic carbocycles. The lowest BCUT2D eigenvalue weighted by Gasteiger charge is -2.14. The van der Waals surface area contributed by atoms with Gasteiger partial charge in [0.15, 0.2) is 0 Å². The maximum absolute atomic E-state index is 11.1. The monoisotopic (exact) mass is 289 g/mol. The molecular weight excluding hydrogens is 266 g/mol. The molecule has 1 rings (SSSR count). The minimum absolute atomic E-state index is 0.317. The summed E-state index contributed by atoms with van der Waals surface area (Å²) < 4.78 is 0. The molecule has 0 aliphatic rings. The zero-order valence-electron chi connectivity index (χ0n) is 12.8. The molecule has 1 atom stereocenters. The van der Waals surface area contributed by atoms with Gasteiger partial charge in [0.25, 0.3) is 0 Å². The van der Waals surface area contributed by atoms with Crippen molar-refractivity contribution in [1.29, 1.82) is 0 Å². The molecule has 1 unspecified atom stereocenters. The molecule has 0 saturated heterocycles. The second kappa shape index (κ2) is 8.27. The Kier molecular flexibility index (Phi) is 6.69. The first-order chi connectivity index (χ1) is 9.95. The zero-order valence-corrected chi connectivity index (χ0v) is 12.8. The molecule has 0 bridgehead atoms. The van der Waals surface area contributed by atoms with E-state index in [1.165, 1.54) is 0 Å². The largest absolute Gasteiger partial charge is 0.478 e. The first kappa shape index (κ1) is 17.0. The lowest BCUT2D eigenvalue weighted by molar-refractivity contribution is 0.0695. The number of anilines is 1. The van der Waals surface area contributed by atoms with E-state index in [0.717, 1.165) is 12.8 Å². The minimum atomic E-state index is -0.930. The molecule has 1 aromatic rings. The van der Waals surface area contributed by atoms with E-state index in [1.807, 2.05) is 19.1 Å². The molecule has 21 heavy (non-hydrogen) atoms. The molecule has 0 fully saturated rings. The molecular formula is C17H23NO3. The topological polar surface area (TPSA) is 69.6 Å². The molecule has 4 nitrogen and oxygen atoms in total. The maximum Gasteiger partial charge on any atom is 0.336 e. The Morgan fingerprint density at radius 2 is 1.81 bits per heavy atom. The van der Waals surface area contributed by atoms with Gasteiger partial charge in [-0.15, -0.1) is 0 Å². The lowest BCUT2D eigenvalue weighted by atomic mass is 10.0. The number of aryl methyl sites for hydroxylation is 2. The standard InChI is InChI=1S/C17H23NO3/c1-4-5-6-7-8-9-15(19)18-14-10-12(2)16(17(20)21)13(3)11-14/h4-5,8-11,15,18-19H,6-7H2,1-3H3,(H,20,21)/b5-4+,9-8+. The number of aliphatic hydroxyl groups is 1. The summed E-state index contributed by atoms with van der Waals surface area (Å²) in [5, 5.41) is 21.9. The third-order valence-electron chi connectivity index (χ3n) is 3.12. The summed E-state index contributed by atoms with van der Waals surface area (Å²) in [5.41, 5.74) is 2.38. The Hall–Kier alpha value is -2.07. The average Bonchev–Trinajstić information content (AvgIpc) is 2.37. The van der Waals surface area contributed by atoms with E-state index in [2.05, 4.69) is 11.4 Å². The Morgan fingerprint density at radius 1 is 1.24 bits per heavy atom. The van der Waals surface area contributed by atoms with Crippen LogP contribution in [0.25, 0.3) is 0 Å². The molecule has 0 aliphatic heterocycles. The quantitative estimate of drug-likeness (QED) is 0.407. The molecule has 0 spiro atoms. The summed E-state index contributed by atoms with van der Waals surface area (Å²) in [6, 6.07) is 3.46. The van der Waals surface area contributed by atoms with Crippen LogP contribution in [0.5, 0.6) is 0 Å². The Balaban J connectivity index is 2.69. The Labute approximate surface area is 125 Å². The van der Waals surface area contributed by atoms with Crippen LogP contribution < -0.4 is 5.32 Å². The summed E-state index contributed by atoms with van der Waals surface area (Å²) >= 11 is 0. The van der Waals surface area contributed by atoms with E-state index in [1.54, 1.807) is 32.1 Å². The number of carbonyl (C=O) groups is 1. The first-order valence-corrected chi connectivity index (χ1v) is 7.02. The van der Waals surface area contributed by atoms with E-state index in [9.17, 15) is 9.90 Å². The summed E-state index contributed by atoms with van der Waals surface area (Å²) in [6.45, 7) is 5.48. The number of hydrogen-bond donors (Lipinski definition) is 3. The minimum Gasteiger partial charge on any atom is -0.478 e.